The molecule has 1 aromatic rings. The molecule has 3 nitrogen and oxygen atoms in total. The predicted molar refractivity (Wildman–Crippen MR) is 85.4 cm³/mol. The predicted octanol–water partition coefficient (Wildman–Crippen LogP) is 3.26. The van der Waals surface area contributed by atoms with E-state index >= 15 is 0 Å². The highest BCUT2D eigenvalue weighted by Gasteiger charge is 2.43. The molecular formula is C18H27NO2. The summed E-state index contributed by atoms with van der Waals surface area (Å²) in [6.07, 6.45) is 5.69. The van der Waals surface area contributed by atoms with E-state index in [-0.39, 0.29) is 0 Å². The van der Waals surface area contributed by atoms with Crippen LogP contribution in [0.15, 0.2) is 24.3 Å². The number of para-hydroxylation sites is 1. The summed E-state index contributed by atoms with van der Waals surface area (Å²) in [5.41, 5.74) is 1.74. The van der Waals surface area contributed by atoms with Gasteiger partial charge < -0.3 is 15.1 Å². The smallest absolute Gasteiger partial charge is 0.0807 e. The zero-order valence-corrected chi connectivity index (χ0v) is 13.0. The largest absolute Gasteiger partial charge is 0.389 e. The van der Waals surface area contributed by atoms with Crippen LogP contribution >= 0.6 is 0 Å². The van der Waals surface area contributed by atoms with Crippen LogP contribution in [0.1, 0.15) is 57.1 Å². The van der Waals surface area contributed by atoms with Crippen LogP contribution in [0.2, 0.25) is 0 Å². The molecule has 0 bridgehead atoms. The summed E-state index contributed by atoms with van der Waals surface area (Å²) in [7, 11) is 0. The van der Waals surface area contributed by atoms with Gasteiger partial charge in [0.25, 0.3) is 0 Å². The molecule has 0 spiro atoms. The zero-order valence-electron chi connectivity index (χ0n) is 13.0. The quantitative estimate of drug-likeness (QED) is 0.897. The highest BCUT2D eigenvalue weighted by atomic mass is 16.3. The van der Waals surface area contributed by atoms with Gasteiger partial charge in [-0.15, -0.1) is 0 Å². The minimum atomic E-state index is -0.437. The first-order valence-electron chi connectivity index (χ1n) is 8.38. The second-order valence-electron chi connectivity index (χ2n) is 6.73. The van der Waals surface area contributed by atoms with Crippen molar-refractivity contribution >= 4 is 5.69 Å². The van der Waals surface area contributed by atoms with E-state index in [2.05, 4.69) is 11.0 Å². The van der Waals surface area contributed by atoms with Gasteiger partial charge in [0, 0.05) is 30.3 Å². The van der Waals surface area contributed by atoms with Crippen LogP contribution in [0.3, 0.4) is 0 Å². The van der Waals surface area contributed by atoms with Crippen LogP contribution in [0.4, 0.5) is 5.69 Å². The van der Waals surface area contributed by atoms with Gasteiger partial charge >= 0.3 is 0 Å². The number of anilines is 1. The van der Waals surface area contributed by atoms with E-state index < -0.39 is 11.7 Å². The molecule has 116 valence electrons. The maximum atomic E-state index is 10.8. The van der Waals surface area contributed by atoms with Crippen molar-refractivity contribution in [1.29, 1.82) is 0 Å². The molecule has 1 aliphatic heterocycles. The minimum Gasteiger partial charge on any atom is -0.389 e. The fourth-order valence-electron chi connectivity index (χ4n) is 4.07. The molecule has 1 saturated carbocycles. The Hall–Kier alpha value is -1.06. The number of aliphatic hydroxyl groups is 2. The Morgan fingerprint density at radius 1 is 1.29 bits per heavy atom. The van der Waals surface area contributed by atoms with E-state index in [1.807, 2.05) is 25.1 Å². The first-order chi connectivity index (χ1) is 10.1. The van der Waals surface area contributed by atoms with Crippen LogP contribution in [0.25, 0.3) is 0 Å². The standard InChI is InChI=1S/C18H27NO2/c1-2-17(20)15-8-3-4-9-16(15)19-12-11-18(21)10-6-5-7-14(18)13-19/h3-4,8-9,14,17,20-21H,2,5-7,10-13H2,1H3/t14?,17-,18?/m0/s1. The number of fused-ring (bicyclic) bond motifs is 1. The first kappa shape index (κ1) is 14.9. The lowest BCUT2D eigenvalue weighted by Gasteiger charge is -2.48. The van der Waals surface area contributed by atoms with E-state index in [0.717, 1.165) is 56.4 Å². The summed E-state index contributed by atoms with van der Waals surface area (Å²) in [5, 5.41) is 21.1. The van der Waals surface area contributed by atoms with Gasteiger partial charge in [-0.05, 0) is 31.7 Å². The Morgan fingerprint density at radius 2 is 2.10 bits per heavy atom. The minimum absolute atomic E-state index is 0.381. The molecule has 0 aromatic heterocycles. The maximum absolute atomic E-state index is 10.8. The van der Waals surface area contributed by atoms with Crippen LogP contribution in [-0.4, -0.2) is 28.9 Å². The molecular weight excluding hydrogens is 262 g/mol. The van der Waals surface area contributed by atoms with Crippen LogP contribution < -0.4 is 4.90 Å². The summed E-state index contributed by atoms with van der Waals surface area (Å²) >= 11 is 0. The number of nitrogens with zero attached hydrogens (tertiary/aromatic N) is 1. The summed E-state index contributed by atoms with van der Waals surface area (Å²) in [5.74, 6) is 0.381. The molecule has 1 aliphatic carbocycles. The normalized spacial score (nSPS) is 30.8. The van der Waals surface area contributed by atoms with Gasteiger partial charge in [-0.2, -0.15) is 0 Å². The third kappa shape index (κ3) is 2.82. The highest BCUT2D eigenvalue weighted by Crippen LogP contribution is 2.42. The van der Waals surface area contributed by atoms with E-state index in [1.54, 1.807) is 0 Å². The third-order valence-electron chi connectivity index (χ3n) is 5.45. The molecule has 1 aromatic carbocycles. The second-order valence-corrected chi connectivity index (χ2v) is 6.73. The molecule has 1 saturated heterocycles. The fourth-order valence-corrected chi connectivity index (χ4v) is 4.07. The van der Waals surface area contributed by atoms with Crippen molar-refractivity contribution in [2.75, 3.05) is 18.0 Å². The molecule has 3 rings (SSSR count). The highest BCUT2D eigenvalue weighted by molar-refractivity contribution is 5.55. The lowest BCUT2D eigenvalue weighted by atomic mass is 9.71. The van der Waals surface area contributed by atoms with Crippen molar-refractivity contribution in [1.82, 2.24) is 0 Å². The van der Waals surface area contributed by atoms with Crippen molar-refractivity contribution in [2.24, 2.45) is 5.92 Å². The summed E-state index contributed by atoms with van der Waals surface area (Å²) in [6.45, 7) is 3.82. The summed E-state index contributed by atoms with van der Waals surface area (Å²) in [6, 6.07) is 8.19. The van der Waals surface area contributed by atoms with E-state index in [0.29, 0.717) is 5.92 Å². The molecule has 3 heteroatoms. The summed E-state index contributed by atoms with van der Waals surface area (Å²) in [4.78, 5) is 2.37. The molecule has 2 N–H and O–H groups in total. The van der Waals surface area contributed by atoms with Crippen molar-refractivity contribution in [2.45, 2.75) is 57.2 Å². The second kappa shape index (κ2) is 5.98. The number of hydrogen-bond acceptors (Lipinski definition) is 3. The Balaban J connectivity index is 1.82. The first-order valence-corrected chi connectivity index (χ1v) is 8.38. The number of piperidine rings is 1. The Labute approximate surface area is 127 Å². The lowest BCUT2D eigenvalue weighted by molar-refractivity contribution is -0.0613. The van der Waals surface area contributed by atoms with Gasteiger partial charge in [-0.3, -0.25) is 0 Å². The molecule has 2 aliphatic rings. The van der Waals surface area contributed by atoms with E-state index in [9.17, 15) is 10.2 Å². The molecule has 0 radical (unpaired) electrons. The number of benzene rings is 1. The van der Waals surface area contributed by atoms with Gasteiger partial charge in [0.1, 0.15) is 0 Å². The van der Waals surface area contributed by atoms with Crippen LogP contribution in [0.5, 0.6) is 0 Å². The molecule has 2 fully saturated rings. The Bertz CT molecular complexity index is 490. The average molecular weight is 289 g/mol. The molecule has 3 atom stereocenters. The van der Waals surface area contributed by atoms with Crippen molar-refractivity contribution < 1.29 is 10.2 Å². The fraction of sp³-hybridized carbons (Fsp3) is 0.667. The van der Waals surface area contributed by atoms with Crippen molar-refractivity contribution in [3.63, 3.8) is 0 Å². The van der Waals surface area contributed by atoms with Gasteiger partial charge in [0.15, 0.2) is 0 Å². The van der Waals surface area contributed by atoms with Crippen LogP contribution in [0, 0.1) is 5.92 Å². The number of aliphatic hydroxyl groups excluding tert-OH is 1. The molecule has 1 heterocycles. The van der Waals surface area contributed by atoms with Crippen molar-refractivity contribution in [3.8, 4) is 0 Å². The van der Waals surface area contributed by atoms with Gasteiger partial charge in [-0.1, -0.05) is 38.0 Å². The zero-order chi connectivity index (χ0) is 14.9. The Kier molecular flexibility index (Phi) is 4.23. The monoisotopic (exact) mass is 289 g/mol. The molecule has 0 amide bonds. The number of rotatable bonds is 3. The maximum Gasteiger partial charge on any atom is 0.0807 e. The SMILES string of the molecule is CC[C@H](O)c1ccccc1N1CCC2(O)CCCCC2C1. The van der Waals surface area contributed by atoms with E-state index in [4.69, 9.17) is 0 Å². The number of hydrogen-bond donors (Lipinski definition) is 2. The van der Waals surface area contributed by atoms with Crippen molar-refractivity contribution in [3.05, 3.63) is 29.8 Å². The van der Waals surface area contributed by atoms with Gasteiger partial charge in [-0.25, -0.2) is 0 Å². The molecule has 2 unspecified atom stereocenters. The third-order valence-corrected chi connectivity index (χ3v) is 5.45. The molecule has 21 heavy (non-hydrogen) atoms. The van der Waals surface area contributed by atoms with Gasteiger partial charge in [0.2, 0.25) is 0 Å². The Morgan fingerprint density at radius 3 is 2.90 bits per heavy atom. The van der Waals surface area contributed by atoms with Crippen LogP contribution in [-0.2, 0) is 0 Å². The topological polar surface area (TPSA) is 43.7 Å². The lowest BCUT2D eigenvalue weighted by Crippen LogP contribution is -2.53. The van der Waals surface area contributed by atoms with E-state index in [1.165, 1.54) is 6.42 Å². The summed E-state index contributed by atoms with van der Waals surface area (Å²) < 4.78 is 0. The van der Waals surface area contributed by atoms with Gasteiger partial charge in [0.05, 0.1) is 11.7 Å². The average Bonchev–Trinajstić information content (AvgIpc) is 2.53.